The Kier molecular flexibility index (Phi) is 8.24. The third kappa shape index (κ3) is 5.23. The highest BCUT2D eigenvalue weighted by Gasteiger charge is 2.18. The first-order valence-corrected chi connectivity index (χ1v) is 10.8. The van der Waals surface area contributed by atoms with Crippen molar-refractivity contribution in [2.24, 2.45) is 0 Å². The van der Waals surface area contributed by atoms with Crippen LogP contribution in [0.25, 0.3) is 5.57 Å². The Bertz CT molecular complexity index is 525. The summed E-state index contributed by atoms with van der Waals surface area (Å²) in [6.45, 7) is 3.24. The van der Waals surface area contributed by atoms with Gasteiger partial charge in [-0.05, 0) is 34.8 Å². The molecule has 3 nitrogen and oxygen atoms in total. The average Bonchev–Trinajstić information content (AvgIpc) is 2.97. The highest BCUT2D eigenvalue weighted by atomic mass is 127. The first-order valence-electron chi connectivity index (χ1n) is 7.97. The van der Waals surface area contributed by atoms with Gasteiger partial charge >= 0.3 is 0 Å². The monoisotopic (exact) mass is 449 g/mol. The average molecular weight is 449 g/mol. The van der Waals surface area contributed by atoms with Gasteiger partial charge < -0.3 is 4.90 Å². The van der Waals surface area contributed by atoms with Crippen molar-refractivity contribution in [3.05, 3.63) is 21.5 Å². The fourth-order valence-corrected chi connectivity index (χ4v) is 4.65. The number of aromatic nitrogens is 2. The van der Waals surface area contributed by atoms with E-state index in [4.69, 9.17) is 0 Å². The zero-order chi connectivity index (χ0) is 15.8. The molecule has 2 heterocycles. The standard InChI is InChI=1S/C16H24IN3S2/c1-3-4-5-6-7-8-12-21-16-14(18-22-19-16)13-10-9-11-20(2)15(13)17/h9-10H,3-8,11-12H2,1-2H3. The van der Waals surface area contributed by atoms with E-state index in [1.54, 1.807) is 0 Å². The Morgan fingerprint density at radius 3 is 2.82 bits per heavy atom. The van der Waals surface area contributed by atoms with Gasteiger partial charge in [-0.15, -0.1) is 11.8 Å². The molecule has 6 heteroatoms. The van der Waals surface area contributed by atoms with Crippen LogP contribution in [0.1, 0.15) is 51.1 Å². The largest absolute Gasteiger partial charge is 0.365 e. The molecule has 0 radical (unpaired) electrons. The van der Waals surface area contributed by atoms with E-state index in [1.165, 1.54) is 59.5 Å². The molecule has 0 saturated carbocycles. The van der Waals surface area contributed by atoms with E-state index in [-0.39, 0.29) is 0 Å². The number of likely N-dealkylation sites (N-methyl/N-ethyl adjacent to an activating group) is 1. The van der Waals surface area contributed by atoms with E-state index in [2.05, 4.69) is 62.4 Å². The second-order valence-corrected chi connectivity index (χ2v) is 8.16. The predicted octanol–water partition coefficient (Wildman–Crippen LogP) is 5.60. The van der Waals surface area contributed by atoms with Gasteiger partial charge in [-0.3, -0.25) is 0 Å². The quantitative estimate of drug-likeness (QED) is 0.213. The molecule has 2 rings (SSSR count). The maximum absolute atomic E-state index is 4.53. The molecule has 0 unspecified atom stereocenters. The van der Waals surface area contributed by atoms with Crippen LogP contribution in [0.5, 0.6) is 0 Å². The molecule has 1 aromatic rings. The van der Waals surface area contributed by atoms with Gasteiger partial charge in [0.2, 0.25) is 0 Å². The number of halogens is 1. The minimum absolute atomic E-state index is 0.972. The third-order valence-electron chi connectivity index (χ3n) is 3.67. The highest BCUT2D eigenvalue weighted by Crippen LogP contribution is 2.34. The SMILES string of the molecule is CCCCCCCCSc1nsnc1C1=C(I)N(C)CC=C1. The molecule has 0 N–H and O–H groups in total. The minimum Gasteiger partial charge on any atom is -0.365 e. The molecule has 0 atom stereocenters. The van der Waals surface area contributed by atoms with Crippen molar-refractivity contribution in [3.8, 4) is 0 Å². The van der Waals surface area contributed by atoms with Crippen LogP contribution in [0.2, 0.25) is 0 Å². The van der Waals surface area contributed by atoms with Gasteiger partial charge in [-0.1, -0.05) is 51.2 Å². The zero-order valence-corrected chi connectivity index (χ0v) is 17.1. The van der Waals surface area contributed by atoms with E-state index in [9.17, 15) is 0 Å². The summed E-state index contributed by atoms with van der Waals surface area (Å²) >= 11 is 5.60. The Morgan fingerprint density at radius 2 is 2.00 bits per heavy atom. The Hall–Kier alpha value is -0.0800. The maximum Gasteiger partial charge on any atom is 0.138 e. The van der Waals surface area contributed by atoms with Gasteiger partial charge in [-0.2, -0.15) is 8.75 Å². The summed E-state index contributed by atoms with van der Waals surface area (Å²) in [5.74, 6) is 1.15. The first kappa shape index (κ1) is 18.3. The van der Waals surface area contributed by atoms with Crippen LogP contribution in [0.15, 0.2) is 20.9 Å². The van der Waals surface area contributed by atoms with Gasteiger partial charge in [-0.25, -0.2) is 0 Å². The van der Waals surface area contributed by atoms with Crippen LogP contribution in [0, 0.1) is 0 Å². The Morgan fingerprint density at radius 1 is 1.23 bits per heavy atom. The summed E-state index contributed by atoms with van der Waals surface area (Å²) in [5.41, 5.74) is 2.28. The van der Waals surface area contributed by atoms with Crippen molar-refractivity contribution < 1.29 is 0 Å². The number of allylic oxidation sites excluding steroid dienone is 2. The normalized spacial score (nSPS) is 15.0. The van der Waals surface area contributed by atoms with E-state index < -0.39 is 0 Å². The third-order valence-corrected chi connectivity index (χ3v) is 6.77. The fourth-order valence-electron chi connectivity index (χ4n) is 2.35. The molecule has 0 amide bonds. The molecule has 22 heavy (non-hydrogen) atoms. The summed E-state index contributed by atoms with van der Waals surface area (Å²) in [6.07, 6.45) is 12.4. The van der Waals surface area contributed by atoms with Crippen molar-refractivity contribution in [3.63, 3.8) is 0 Å². The van der Waals surface area contributed by atoms with E-state index in [1.807, 2.05) is 11.8 Å². The lowest BCUT2D eigenvalue weighted by Gasteiger charge is -2.22. The number of unbranched alkanes of at least 4 members (excludes halogenated alkanes) is 5. The summed E-state index contributed by atoms with van der Waals surface area (Å²) in [5, 5.41) is 1.10. The molecule has 0 fully saturated rings. The summed E-state index contributed by atoms with van der Waals surface area (Å²) in [6, 6.07) is 0. The lowest BCUT2D eigenvalue weighted by Crippen LogP contribution is -2.18. The molecule has 0 aromatic carbocycles. The molecule has 122 valence electrons. The smallest absolute Gasteiger partial charge is 0.138 e. The number of hydrogen-bond donors (Lipinski definition) is 0. The molecule has 1 aliphatic heterocycles. The molecule has 1 aromatic heterocycles. The van der Waals surface area contributed by atoms with Gasteiger partial charge in [0.25, 0.3) is 0 Å². The highest BCUT2D eigenvalue weighted by molar-refractivity contribution is 14.1. The van der Waals surface area contributed by atoms with Crippen LogP contribution in [0.4, 0.5) is 0 Å². The van der Waals surface area contributed by atoms with Gasteiger partial charge in [0.05, 0.1) is 15.4 Å². The van der Waals surface area contributed by atoms with Gasteiger partial charge in [0, 0.05) is 19.2 Å². The lowest BCUT2D eigenvalue weighted by molar-refractivity contribution is 0.501. The summed E-state index contributed by atoms with van der Waals surface area (Å²) in [7, 11) is 2.12. The van der Waals surface area contributed by atoms with Crippen molar-refractivity contribution in [2.75, 3.05) is 19.3 Å². The van der Waals surface area contributed by atoms with Gasteiger partial charge in [0.15, 0.2) is 0 Å². The summed E-state index contributed by atoms with van der Waals surface area (Å²) in [4.78, 5) is 2.25. The molecular weight excluding hydrogens is 425 g/mol. The van der Waals surface area contributed by atoms with Crippen molar-refractivity contribution in [1.29, 1.82) is 0 Å². The first-order chi connectivity index (χ1) is 10.7. The lowest BCUT2D eigenvalue weighted by atomic mass is 10.1. The van der Waals surface area contributed by atoms with Crippen LogP contribution < -0.4 is 0 Å². The van der Waals surface area contributed by atoms with E-state index >= 15 is 0 Å². The van der Waals surface area contributed by atoms with Crippen LogP contribution in [-0.4, -0.2) is 33.0 Å². The topological polar surface area (TPSA) is 29.0 Å². The number of thioether (sulfide) groups is 1. The summed E-state index contributed by atoms with van der Waals surface area (Å²) < 4.78 is 10.3. The molecule has 0 bridgehead atoms. The molecular formula is C16H24IN3S2. The maximum atomic E-state index is 4.53. The van der Waals surface area contributed by atoms with Crippen LogP contribution in [-0.2, 0) is 0 Å². The molecule has 0 aliphatic carbocycles. The molecule has 1 aliphatic rings. The van der Waals surface area contributed by atoms with E-state index in [0.717, 1.165) is 23.0 Å². The van der Waals surface area contributed by atoms with Crippen molar-refractivity contribution >= 4 is 51.7 Å². The van der Waals surface area contributed by atoms with E-state index in [0.29, 0.717) is 0 Å². The Balaban J connectivity index is 1.85. The minimum atomic E-state index is 0.972. The second-order valence-electron chi connectivity index (χ2n) is 5.52. The Labute approximate surface area is 156 Å². The zero-order valence-electron chi connectivity index (χ0n) is 13.3. The van der Waals surface area contributed by atoms with Crippen LogP contribution in [0.3, 0.4) is 0 Å². The predicted molar refractivity (Wildman–Crippen MR) is 107 cm³/mol. The molecule has 0 spiro atoms. The van der Waals surface area contributed by atoms with Crippen molar-refractivity contribution in [2.45, 2.75) is 50.5 Å². The number of rotatable bonds is 9. The molecule has 0 saturated heterocycles. The van der Waals surface area contributed by atoms with Crippen LogP contribution >= 0.6 is 46.1 Å². The number of hydrogen-bond acceptors (Lipinski definition) is 5. The van der Waals surface area contributed by atoms with Gasteiger partial charge in [0.1, 0.15) is 10.7 Å². The fraction of sp³-hybridized carbons (Fsp3) is 0.625. The second kappa shape index (κ2) is 9.93. The number of nitrogens with zero attached hydrogens (tertiary/aromatic N) is 3. The van der Waals surface area contributed by atoms with Crippen molar-refractivity contribution in [1.82, 2.24) is 13.6 Å².